The summed E-state index contributed by atoms with van der Waals surface area (Å²) in [4.78, 5) is 4.93. The topological polar surface area (TPSA) is 47.6 Å². The first-order chi connectivity index (χ1) is 10.4. The number of hydrogen-bond donors (Lipinski definition) is 1. The molecule has 2 N–H and O–H groups in total. The molecule has 0 radical (unpaired) electrons. The zero-order valence-electron chi connectivity index (χ0n) is 12.6. The summed E-state index contributed by atoms with van der Waals surface area (Å²) in [5.74, 6) is 0.236. The van der Waals surface area contributed by atoms with Crippen LogP contribution in [0.25, 0.3) is 0 Å². The molecule has 0 saturated heterocycles. The zero-order chi connectivity index (χ0) is 16.2. The number of nitrogens with two attached hydrogens (primary N) is 1. The maximum absolute atomic E-state index is 13.3. The molecule has 1 aliphatic carbocycles. The fourth-order valence-corrected chi connectivity index (χ4v) is 2.92. The predicted octanol–water partition coefficient (Wildman–Crippen LogP) is 4.56. The van der Waals surface area contributed by atoms with Gasteiger partial charge in [0.05, 0.1) is 5.56 Å². The largest absolute Gasteiger partial charge is 0.416 e. The van der Waals surface area contributed by atoms with Gasteiger partial charge in [0.15, 0.2) is 0 Å². The van der Waals surface area contributed by atoms with Crippen LogP contribution in [0.15, 0.2) is 23.4 Å². The first-order valence-corrected chi connectivity index (χ1v) is 7.50. The number of hydrogen-bond acceptors (Lipinski definition) is 2. The summed E-state index contributed by atoms with van der Waals surface area (Å²) < 4.78 is 40.0. The quantitative estimate of drug-likeness (QED) is 0.503. The molecule has 0 aromatic heterocycles. The van der Waals surface area contributed by atoms with Crippen LogP contribution in [-0.4, -0.2) is 5.84 Å². The van der Waals surface area contributed by atoms with Gasteiger partial charge in [-0.05, 0) is 42.9 Å². The molecule has 0 spiro atoms. The van der Waals surface area contributed by atoms with Crippen molar-refractivity contribution in [1.82, 2.24) is 0 Å². The molecule has 3 nitrogen and oxygen atoms in total. The van der Waals surface area contributed by atoms with Gasteiger partial charge in [0.2, 0.25) is 0 Å². The summed E-state index contributed by atoms with van der Waals surface area (Å²) in [6.45, 7) is 1.52. The van der Waals surface area contributed by atoms with Crippen LogP contribution in [0, 0.1) is 0 Å². The van der Waals surface area contributed by atoms with Crippen molar-refractivity contribution >= 4 is 5.84 Å². The van der Waals surface area contributed by atoms with Gasteiger partial charge in [-0.3, -0.25) is 0 Å². The molecule has 0 aliphatic heterocycles. The molecule has 0 amide bonds. The van der Waals surface area contributed by atoms with Crippen LogP contribution in [-0.2, 0) is 17.6 Å². The van der Waals surface area contributed by atoms with Crippen molar-refractivity contribution in [3.63, 3.8) is 0 Å². The van der Waals surface area contributed by atoms with Gasteiger partial charge in [-0.15, -0.1) is 0 Å². The van der Waals surface area contributed by atoms with Crippen molar-refractivity contribution in [1.29, 1.82) is 0 Å². The van der Waals surface area contributed by atoms with Gasteiger partial charge < -0.3 is 10.6 Å². The smallest absolute Gasteiger partial charge is 0.390 e. The lowest BCUT2D eigenvalue weighted by Crippen LogP contribution is -2.15. The minimum Gasteiger partial charge on any atom is -0.390 e. The van der Waals surface area contributed by atoms with E-state index in [9.17, 15) is 13.2 Å². The lowest BCUT2D eigenvalue weighted by atomic mass is 9.81. The minimum absolute atomic E-state index is 0.00431. The molecular weight excluding hydrogens is 293 g/mol. The highest BCUT2D eigenvalue weighted by Gasteiger charge is 2.35. The van der Waals surface area contributed by atoms with Crippen LogP contribution in [0.2, 0.25) is 0 Å². The van der Waals surface area contributed by atoms with E-state index in [1.54, 1.807) is 19.1 Å². The van der Waals surface area contributed by atoms with Gasteiger partial charge in [-0.25, -0.2) is 0 Å². The maximum atomic E-state index is 13.3. The predicted molar refractivity (Wildman–Crippen MR) is 79.4 cm³/mol. The van der Waals surface area contributed by atoms with Crippen LogP contribution < -0.4 is 5.73 Å². The Labute approximate surface area is 128 Å². The summed E-state index contributed by atoms with van der Waals surface area (Å²) in [6.07, 6.45) is 0.413. The minimum atomic E-state index is -4.35. The Bertz CT molecular complexity index is 531. The lowest BCUT2D eigenvalue weighted by molar-refractivity contribution is -0.138. The van der Waals surface area contributed by atoms with E-state index in [-0.39, 0.29) is 18.4 Å². The maximum Gasteiger partial charge on any atom is 0.416 e. The van der Waals surface area contributed by atoms with Crippen LogP contribution in [0.4, 0.5) is 13.2 Å². The van der Waals surface area contributed by atoms with Gasteiger partial charge >= 0.3 is 6.18 Å². The Hall–Kier alpha value is -1.72. The van der Waals surface area contributed by atoms with Crippen molar-refractivity contribution in [2.45, 2.75) is 57.7 Å². The van der Waals surface area contributed by atoms with Gasteiger partial charge in [0.1, 0.15) is 12.4 Å². The van der Waals surface area contributed by atoms with Crippen molar-refractivity contribution in [3.05, 3.63) is 34.9 Å². The molecule has 6 heteroatoms. The van der Waals surface area contributed by atoms with E-state index in [0.717, 1.165) is 32.1 Å². The number of oxime groups is 1. The summed E-state index contributed by atoms with van der Waals surface area (Å²) in [5.41, 5.74) is 5.63. The van der Waals surface area contributed by atoms with Crippen LogP contribution in [0.5, 0.6) is 0 Å². The molecule has 1 aromatic carbocycles. The number of rotatable bonds is 4. The van der Waals surface area contributed by atoms with E-state index < -0.39 is 11.7 Å². The van der Waals surface area contributed by atoms with E-state index in [2.05, 4.69) is 5.16 Å². The Morgan fingerprint density at radius 2 is 1.95 bits per heavy atom. The van der Waals surface area contributed by atoms with E-state index in [1.165, 1.54) is 6.07 Å². The van der Waals surface area contributed by atoms with Crippen molar-refractivity contribution in [2.24, 2.45) is 10.9 Å². The first-order valence-electron chi connectivity index (χ1n) is 7.50. The van der Waals surface area contributed by atoms with Crippen LogP contribution in [0.1, 0.15) is 61.6 Å². The summed E-state index contributed by atoms with van der Waals surface area (Å²) in [6, 6.07) is 4.45. The van der Waals surface area contributed by atoms with Crippen LogP contribution in [0.3, 0.4) is 0 Å². The molecule has 1 fully saturated rings. The average molecular weight is 314 g/mol. The first kappa shape index (κ1) is 16.6. The molecule has 122 valence electrons. The van der Waals surface area contributed by atoms with E-state index in [4.69, 9.17) is 10.6 Å². The molecule has 0 atom stereocenters. The third kappa shape index (κ3) is 4.39. The standard InChI is InChI=1S/C16H21F3N2O/c1-11(20)21-22-10-12-7-8-14(13-5-3-2-4-6-13)15(9-12)16(17,18)19/h7-9,13H,2-6,10H2,1H3,(H2,20,21). The monoisotopic (exact) mass is 314 g/mol. The fraction of sp³-hybridized carbons (Fsp3) is 0.562. The highest BCUT2D eigenvalue weighted by atomic mass is 19.4. The number of nitrogens with zero attached hydrogens (tertiary/aromatic N) is 1. The molecule has 0 unspecified atom stereocenters. The van der Waals surface area contributed by atoms with E-state index in [1.807, 2.05) is 0 Å². The molecular formula is C16H21F3N2O. The number of benzene rings is 1. The Balaban J connectivity index is 2.24. The fourth-order valence-electron chi connectivity index (χ4n) is 2.92. The van der Waals surface area contributed by atoms with Gasteiger partial charge in [-0.1, -0.05) is 36.6 Å². The summed E-state index contributed by atoms with van der Waals surface area (Å²) in [7, 11) is 0. The summed E-state index contributed by atoms with van der Waals surface area (Å²) >= 11 is 0. The summed E-state index contributed by atoms with van der Waals surface area (Å²) in [5, 5.41) is 3.54. The number of alkyl halides is 3. The molecule has 2 rings (SSSR count). The zero-order valence-corrected chi connectivity index (χ0v) is 12.6. The number of halogens is 3. The van der Waals surface area contributed by atoms with Crippen molar-refractivity contribution in [3.8, 4) is 0 Å². The Kier molecular flexibility index (Phi) is 5.32. The molecule has 0 heterocycles. The lowest BCUT2D eigenvalue weighted by Gasteiger charge is -2.25. The Morgan fingerprint density at radius 3 is 2.55 bits per heavy atom. The highest BCUT2D eigenvalue weighted by Crippen LogP contribution is 2.41. The van der Waals surface area contributed by atoms with Crippen LogP contribution >= 0.6 is 0 Å². The second kappa shape index (κ2) is 7.03. The second-order valence-electron chi connectivity index (χ2n) is 5.76. The molecule has 1 aromatic rings. The van der Waals surface area contributed by atoms with Gasteiger partial charge in [-0.2, -0.15) is 13.2 Å². The third-order valence-electron chi connectivity index (χ3n) is 3.91. The highest BCUT2D eigenvalue weighted by molar-refractivity contribution is 5.76. The molecule has 22 heavy (non-hydrogen) atoms. The SMILES string of the molecule is C/C(N)=N\OCc1ccc(C2CCCCC2)c(C(F)(F)F)c1. The Morgan fingerprint density at radius 1 is 1.27 bits per heavy atom. The van der Waals surface area contributed by atoms with Gasteiger partial charge in [0.25, 0.3) is 0 Å². The van der Waals surface area contributed by atoms with E-state index >= 15 is 0 Å². The molecule has 0 bridgehead atoms. The third-order valence-corrected chi connectivity index (χ3v) is 3.91. The normalized spacial score (nSPS) is 17.5. The van der Waals surface area contributed by atoms with E-state index in [0.29, 0.717) is 11.1 Å². The number of amidine groups is 1. The molecule has 1 aliphatic rings. The molecule has 1 saturated carbocycles. The van der Waals surface area contributed by atoms with Gasteiger partial charge in [0, 0.05) is 0 Å². The van der Waals surface area contributed by atoms with Crippen molar-refractivity contribution < 1.29 is 18.0 Å². The van der Waals surface area contributed by atoms with Crippen molar-refractivity contribution in [2.75, 3.05) is 0 Å². The second-order valence-corrected chi connectivity index (χ2v) is 5.76. The average Bonchev–Trinajstić information content (AvgIpc) is 2.47.